The van der Waals surface area contributed by atoms with Crippen molar-refractivity contribution in [2.75, 3.05) is 26.5 Å². The summed E-state index contributed by atoms with van der Waals surface area (Å²) in [6.45, 7) is 33.2. The molecule has 21 atom stereocenters. The van der Waals surface area contributed by atoms with E-state index in [1.165, 1.54) is 29.9 Å². The van der Waals surface area contributed by atoms with E-state index in [0.717, 1.165) is 48.0 Å². The number of ketones is 1. The first-order valence-electron chi connectivity index (χ1n) is 59.1. The van der Waals surface area contributed by atoms with Gasteiger partial charge in [0.1, 0.15) is 52.5 Å². The van der Waals surface area contributed by atoms with E-state index in [0.29, 0.717) is 13.2 Å². The SMILES string of the molecule is CCCCOC(=O)C[C@H](CC(=O)C=P(c1ccccc1)(c1ccccc1)c1ccccc1)O[Si](C)(C)C(C)(C)C.CCCCOC(=O)C[C@H](CC(=O)OC(=O)OCC)O[Si](C)(C)C(C)(C)C.CP(Br)(c1ccccc1)(c1ccccc1)c1ccccc1.[3H]B([3H])[3H].[3H]B([3H])[3H].[3H]B([3H])[3H].[3H]B([3H])[3H].[3H]B([3H])[3H].[3H]B([3H])[3H].[3H]PB([3H])[3H].[3H]PB([3H])[3H].[3H]PB([3H])[3H].[3H]PB([3H])[3H].[3H]PB([3H])[3H].[3H]PB([3H])[3H].[3H][B]P.[B].[B].[B].[B].[B].[B].[B].[B].[B].[B].[B].[B].[B]P.[B]P.[B]P.[B]P.[B]P.[B]P.[B]P.[B]P.[B]P.[B]P.[B]P.[B]P.[CH2-]CCC.[Li+]. The Bertz CT molecular complexity index is 3920. The molecule has 0 amide bonds. The first-order valence-corrected chi connectivity index (χ1v) is 62.7. The van der Waals surface area contributed by atoms with Gasteiger partial charge in [-0.2, -0.15) is 179 Å². The van der Waals surface area contributed by atoms with Crippen molar-refractivity contribution in [2.24, 2.45) is 0 Å². The van der Waals surface area contributed by atoms with Crippen LogP contribution in [0.2, 0.25) is 36.3 Å². The van der Waals surface area contributed by atoms with Gasteiger partial charge in [-0.05, 0) is 126 Å². The maximum absolute atomic E-state index is 14.1. The summed E-state index contributed by atoms with van der Waals surface area (Å²) in [6.07, 6.45) is 3.39. The van der Waals surface area contributed by atoms with Gasteiger partial charge in [-0.3, -0.25) is 19.2 Å². The van der Waals surface area contributed by atoms with Crippen molar-refractivity contribution in [3.8, 4) is 0 Å². The van der Waals surface area contributed by atoms with Gasteiger partial charge < -0.3 is 34.7 Å². The smallest absolute Gasteiger partial charge is 0.343 e. The number of Topliss-reactive ketones (excluding diaryl/α,β-unsaturated/α-hetero) is 1. The number of rotatable bonds is 33. The Labute approximate surface area is 1090 Å². The minimum Gasteiger partial charge on any atom is -0.343 e. The Morgan fingerprint density at radius 3 is 0.784 bits per heavy atom. The minimum absolute atomic E-state index is 0. The van der Waals surface area contributed by atoms with Crippen LogP contribution >= 0.6 is 201 Å². The number of halogens is 1. The van der Waals surface area contributed by atoms with E-state index >= 15 is 0 Å². The second-order valence-electron chi connectivity index (χ2n) is 25.7. The molecule has 0 aliphatic heterocycles. The maximum atomic E-state index is 14.1. The molecule has 6 aromatic rings. The number of carbonyl (C=O) groups excluding carboxylic acids is 5. The molecule has 0 aromatic heterocycles. The molecule has 773 valence electrons. The van der Waals surface area contributed by atoms with Crippen LogP contribution in [-0.4, -0.2) is 434 Å². The van der Waals surface area contributed by atoms with Crippen LogP contribution in [0.15, 0.2) is 182 Å². The normalized spacial score (nSPS) is 11.8. The van der Waals surface area contributed by atoms with E-state index in [2.05, 4.69) is 334 Å². The molecule has 6 aromatic carbocycles. The topological polar surface area (TPSA) is 141 Å². The van der Waals surface area contributed by atoms with Crippen molar-refractivity contribution >= 4 is 579 Å². The Morgan fingerprint density at radius 1 is 0.419 bits per heavy atom. The van der Waals surface area contributed by atoms with Crippen LogP contribution in [0.4, 0.5) is 4.79 Å². The van der Waals surface area contributed by atoms with Crippen LogP contribution in [0, 0.1) is 6.92 Å². The van der Waals surface area contributed by atoms with Gasteiger partial charge in [-0.1, -0.05) is 173 Å². The molecule has 11 nitrogen and oxygen atoms in total. The van der Waals surface area contributed by atoms with Crippen LogP contribution < -0.4 is 50.7 Å². The van der Waals surface area contributed by atoms with Crippen LogP contribution in [0.5, 0.6) is 0 Å². The molecule has 61 radical (unpaired) electrons. The fourth-order valence-corrected chi connectivity index (χ4v) is 21.2. The molecule has 0 saturated carbocycles. The fraction of sp³-hybridized carbons (Fsp3) is 0.427. The quantitative estimate of drug-likeness (QED) is 0.00857. The van der Waals surface area contributed by atoms with Crippen molar-refractivity contribution in [2.45, 2.75) is 182 Å². The monoisotopic (exact) mass is 2530 g/mol. The first kappa shape index (κ1) is 150. The number of hydrogen-bond donors (Lipinski definition) is 0. The summed E-state index contributed by atoms with van der Waals surface area (Å²) in [6, 6.07) is 63.2. The van der Waals surface area contributed by atoms with E-state index in [1.54, 1.807) is 6.92 Å². The molecule has 0 spiro atoms. The van der Waals surface area contributed by atoms with Gasteiger partial charge in [0.15, 0.2) is 22.4 Å². The van der Waals surface area contributed by atoms with Crippen LogP contribution in [0.25, 0.3) is 0 Å². The molecule has 0 heterocycles. The number of unbranched alkanes of at least 4 members (excludes halogenated alkanes) is 3. The number of carbonyl (C=O) groups is 5. The zero-order chi connectivity index (χ0) is 142. The summed E-state index contributed by atoms with van der Waals surface area (Å²) >= 11 is 4.24. The zero-order valence-electron chi connectivity index (χ0n) is 127. The van der Waals surface area contributed by atoms with Crippen LogP contribution in [-0.2, 0) is 47.0 Å². The third-order valence-corrected chi connectivity index (χ3v) is 37.8. The number of ether oxygens (including phenoxy) is 4. The molecule has 6 rings (SSSR count). The second-order valence-corrected chi connectivity index (χ2v) is 48.2. The third-order valence-electron chi connectivity index (χ3n) is 16.4. The average Bonchev–Trinajstić information content (AvgIpc) is 0.715. The van der Waals surface area contributed by atoms with E-state index in [9.17, 15) is 24.0 Å². The summed E-state index contributed by atoms with van der Waals surface area (Å²) in [5.41, 5.74) is 0. The molecule has 148 heavy (non-hydrogen) atoms. The first-order chi connectivity index (χ1) is 80.4. The molecule has 0 aliphatic carbocycles. The number of esters is 3. The fourth-order valence-electron chi connectivity index (χ4n) is 9.06. The number of benzene rings is 6. The van der Waals surface area contributed by atoms with Crippen LogP contribution in [0.3, 0.4) is 0 Å². The van der Waals surface area contributed by atoms with E-state index in [1.807, 2.05) is 190 Å². The van der Waals surface area contributed by atoms with Gasteiger partial charge in [0.25, 0.3) is 0 Å². The van der Waals surface area contributed by atoms with Crippen LogP contribution in [0.1, 0.15) is 133 Å². The molecule has 73 heteroatoms. The molecule has 0 aliphatic rings. The standard InChI is InChI=1S/C34H45O4PSi.C19H18BrP.C18H34O7Si.C4H9.6BH4P.BH3P.12BH2P.6BH3.12B.Li/c1-7-8-24-37-33(36)26-29(38-40(5,6)34(2,3)4)25-28(35)27-39(30-18-12-9-13-19-30,31-20-14-10-15-21-31)32-22-16-11-17-23-32;1-21(20,17-11-5-2-6-12-17,18-13-7-3-8-14-18)19-15-9-4-10-16-19;1-8-10-11-23-15(19)12-14(25-26(6,7)18(3,4)5)13-16(20)24-17(21)22-9-2;1-3-4-2;19*1-2;;;;;;;;;;;;;;;;;;;/h9-23,27,29H,7-8,24-26H2,1-6H3;2-16H,1H3;14H,8-13H2,1-7H3;1,3-4H2,2H3;6*1-2H2;1H,2H2;12*2H2;6*1H3;;;;;;;;;;;;;/q;;;-1;;;;;;;;;;;;;;;;;;;;;;;;;;;;;;;;;;;;;;+1/t29-;;14-;;;;;;;;;;;;;;;;;;;;;;;;;;;;;;;;;;;;;;;/m0.1......................................./s1/i;;;;6*1T2,2T;1T;;;;;;;;;;;;;6*1T3;;;;;;;;;;;;;. The Kier molecular flexibility index (Phi) is 196. The van der Waals surface area contributed by atoms with E-state index < -0.39 is 154 Å². The second kappa shape index (κ2) is 194. The summed E-state index contributed by atoms with van der Waals surface area (Å²) in [7, 11) is 59.0. The minimum atomic E-state index is -2.56. The summed E-state index contributed by atoms with van der Waals surface area (Å²) in [5.74, 6) is 0.409. The molecule has 19 unspecified atom stereocenters. The van der Waals surface area contributed by atoms with Gasteiger partial charge in [0.05, 0.1) is 192 Å². The van der Waals surface area contributed by atoms with Crippen molar-refractivity contribution in [3.63, 3.8) is 0 Å². The zero-order valence-corrected chi connectivity index (χ0v) is 116. The molecular formula is C75H175B37BrLiO11P21Si2. The average molecular weight is 2520 g/mol. The summed E-state index contributed by atoms with van der Waals surface area (Å²) in [4.78, 5) is 62.2. The van der Waals surface area contributed by atoms with Gasteiger partial charge in [0, 0.05) is 115 Å². The number of hydrogen-bond acceptors (Lipinski definition) is 11. The van der Waals surface area contributed by atoms with Crippen molar-refractivity contribution < 1.29 is 70.6 Å². The van der Waals surface area contributed by atoms with E-state index in [4.69, 9.17) is 67.4 Å². The Balaban J connectivity index is -0.0000000400. The Morgan fingerprint density at radius 2 is 0.608 bits per heavy atom. The van der Waals surface area contributed by atoms with Gasteiger partial charge in [0.2, 0.25) is 0 Å². The third kappa shape index (κ3) is 130. The molecule has 0 saturated heterocycles. The van der Waals surface area contributed by atoms with Crippen molar-refractivity contribution in [1.29, 1.82) is 49.1 Å². The van der Waals surface area contributed by atoms with E-state index in [-0.39, 0.29) is 228 Å². The van der Waals surface area contributed by atoms with Gasteiger partial charge in [-0.15, -0.1) is 0 Å². The maximum Gasteiger partial charge on any atom is 1.00 e. The predicted octanol–water partition coefficient (Wildman–Crippen LogP) is -2.05. The molecule has 0 fully saturated rings. The molecule has 0 N–H and O–H groups in total. The van der Waals surface area contributed by atoms with Gasteiger partial charge >= 0.3 is 177 Å². The molecule has 0 bridgehead atoms. The summed E-state index contributed by atoms with van der Waals surface area (Å²) < 4.78 is 259. The van der Waals surface area contributed by atoms with Gasteiger partial charge in [-0.25, -0.2) is 4.79 Å². The molecular weight excluding hydrogens is 2270 g/mol. The predicted molar refractivity (Wildman–Crippen MR) is 835 cm³/mol. The Hall–Kier alpha value is 5.60. The largest absolute Gasteiger partial charge is 1.00 e. The van der Waals surface area contributed by atoms with Crippen molar-refractivity contribution in [3.05, 3.63) is 189 Å². The summed E-state index contributed by atoms with van der Waals surface area (Å²) in [5, 5.41) is 4.67. The van der Waals surface area contributed by atoms with Crippen molar-refractivity contribution in [1.82, 2.24) is 0 Å².